The van der Waals surface area contributed by atoms with Gasteiger partial charge in [-0.15, -0.1) is 0 Å². The number of benzene rings is 1. The Kier molecular flexibility index (Phi) is 2.87. The molecule has 0 aliphatic heterocycles. The van der Waals surface area contributed by atoms with Crippen molar-refractivity contribution in [2.24, 2.45) is 5.73 Å². The molecule has 0 bridgehead atoms. The van der Waals surface area contributed by atoms with Crippen LogP contribution in [0.5, 0.6) is 17.4 Å². The van der Waals surface area contributed by atoms with Gasteiger partial charge in [0.1, 0.15) is 0 Å². The van der Waals surface area contributed by atoms with E-state index in [0.29, 0.717) is 0 Å². The summed E-state index contributed by atoms with van der Waals surface area (Å²) in [6, 6.07) is 6.31. The molecule has 2 aromatic rings. The highest BCUT2D eigenvalue weighted by Gasteiger charge is 2.14. The lowest BCUT2D eigenvalue weighted by Gasteiger charge is -2.07. The first-order valence-corrected chi connectivity index (χ1v) is 4.75. The van der Waals surface area contributed by atoms with E-state index in [1.54, 1.807) is 12.1 Å². The zero-order valence-corrected chi connectivity index (χ0v) is 8.70. The number of para-hydroxylation sites is 2. The number of rotatable bonds is 3. The molecule has 17 heavy (non-hydrogen) atoms. The van der Waals surface area contributed by atoms with Crippen LogP contribution >= 0.6 is 0 Å². The average molecular weight is 231 g/mol. The Morgan fingerprint density at radius 2 is 1.94 bits per heavy atom. The number of nitrogens with two attached hydrogens (primary N) is 1. The predicted molar refractivity (Wildman–Crippen MR) is 58.7 cm³/mol. The van der Waals surface area contributed by atoms with E-state index in [-0.39, 0.29) is 23.1 Å². The SMILES string of the molecule is NC(=O)c1nccnc1Oc1ccccc1O. The standard InChI is InChI=1S/C11H9N3O3/c12-10(16)9-11(14-6-5-13-9)17-8-4-2-1-3-7(8)15/h1-6,15H,(H2,12,16). The summed E-state index contributed by atoms with van der Waals surface area (Å²) in [6.07, 6.45) is 2.69. The van der Waals surface area contributed by atoms with Gasteiger partial charge in [0.15, 0.2) is 17.2 Å². The molecular weight excluding hydrogens is 222 g/mol. The number of phenolic OH excluding ortho intramolecular Hbond substituents is 1. The van der Waals surface area contributed by atoms with Crippen LogP contribution in [0.2, 0.25) is 0 Å². The van der Waals surface area contributed by atoms with Crippen LogP contribution in [0.25, 0.3) is 0 Å². The molecule has 0 saturated heterocycles. The lowest BCUT2D eigenvalue weighted by atomic mass is 10.3. The molecule has 0 radical (unpaired) electrons. The maximum atomic E-state index is 11.1. The Labute approximate surface area is 96.7 Å². The Balaban J connectivity index is 2.37. The van der Waals surface area contributed by atoms with Gasteiger partial charge in [0.25, 0.3) is 11.8 Å². The van der Waals surface area contributed by atoms with Gasteiger partial charge >= 0.3 is 0 Å². The Morgan fingerprint density at radius 1 is 1.24 bits per heavy atom. The Bertz CT molecular complexity index is 557. The van der Waals surface area contributed by atoms with Crippen molar-refractivity contribution in [1.82, 2.24) is 9.97 Å². The molecule has 3 N–H and O–H groups in total. The van der Waals surface area contributed by atoms with E-state index in [0.717, 1.165) is 0 Å². The number of ether oxygens (including phenoxy) is 1. The number of aromatic nitrogens is 2. The summed E-state index contributed by atoms with van der Waals surface area (Å²) < 4.78 is 5.28. The molecule has 0 aliphatic rings. The second-order valence-corrected chi connectivity index (χ2v) is 3.14. The van der Waals surface area contributed by atoms with Crippen molar-refractivity contribution in [2.45, 2.75) is 0 Å². The summed E-state index contributed by atoms with van der Waals surface area (Å²) >= 11 is 0. The van der Waals surface area contributed by atoms with Crippen LogP contribution in [-0.2, 0) is 0 Å². The van der Waals surface area contributed by atoms with Gasteiger partial charge in [-0.25, -0.2) is 9.97 Å². The molecule has 1 aromatic carbocycles. The molecular formula is C11H9N3O3. The molecule has 0 fully saturated rings. The van der Waals surface area contributed by atoms with Gasteiger partial charge in [0, 0.05) is 12.4 Å². The highest BCUT2D eigenvalue weighted by atomic mass is 16.5. The number of carbonyl (C=O) groups is 1. The molecule has 6 heteroatoms. The fourth-order valence-electron chi connectivity index (χ4n) is 1.22. The molecule has 6 nitrogen and oxygen atoms in total. The molecule has 1 aromatic heterocycles. The van der Waals surface area contributed by atoms with Crippen LogP contribution in [0.4, 0.5) is 0 Å². The quantitative estimate of drug-likeness (QED) is 0.823. The maximum Gasteiger partial charge on any atom is 0.272 e. The van der Waals surface area contributed by atoms with Crippen molar-refractivity contribution in [3.05, 3.63) is 42.4 Å². The molecule has 0 atom stereocenters. The van der Waals surface area contributed by atoms with E-state index in [1.807, 2.05) is 0 Å². The number of primary amides is 1. The molecule has 86 valence electrons. The van der Waals surface area contributed by atoms with Crippen molar-refractivity contribution in [3.63, 3.8) is 0 Å². The number of amides is 1. The van der Waals surface area contributed by atoms with Crippen molar-refractivity contribution < 1.29 is 14.6 Å². The van der Waals surface area contributed by atoms with Crippen molar-refractivity contribution in [1.29, 1.82) is 0 Å². The van der Waals surface area contributed by atoms with Crippen molar-refractivity contribution in [2.75, 3.05) is 0 Å². The number of phenols is 1. The fraction of sp³-hybridized carbons (Fsp3) is 0. The van der Waals surface area contributed by atoms with E-state index in [9.17, 15) is 9.90 Å². The largest absolute Gasteiger partial charge is 0.504 e. The van der Waals surface area contributed by atoms with Gasteiger partial charge in [-0.1, -0.05) is 12.1 Å². The molecule has 0 spiro atoms. The molecule has 0 unspecified atom stereocenters. The summed E-state index contributed by atoms with van der Waals surface area (Å²) in [5, 5.41) is 9.51. The highest BCUT2D eigenvalue weighted by Crippen LogP contribution is 2.29. The average Bonchev–Trinajstić information content (AvgIpc) is 2.32. The second kappa shape index (κ2) is 4.48. The number of carbonyl (C=O) groups excluding carboxylic acids is 1. The lowest BCUT2D eigenvalue weighted by molar-refractivity contribution is 0.0992. The van der Waals surface area contributed by atoms with Crippen molar-refractivity contribution in [3.8, 4) is 17.4 Å². The minimum atomic E-state index is -0.747. The number of nitrogens with zero attached hydrogens (tertiary/aromatic N) is 2. The van der Waals surface area contributed by atoms with E-state index in [4.69, 9.17) is 10.5 Å². The third kappa shape index (κ3) is 2.31. The van der Waals surface area contributed by atoms with E-state index in [1.165, 1.54) is 24.5 Å². The minimum Gasteiger partial charge on any atom is -0.504 e. The summed E-state index contributed by atoms with van der Waals surface area (Å²) in [4.78, 5) is 18.7. The van der Waals surface area contributed by atoms with Crippen LogP contribution in [-0.4, -0.2) is 21.0 Å². The summed E-state index contributed by atoms with van der Waals surface area (Å²) in [5.41, 5.74) is 5.04. The van der Waals surface area contributed by atoms with Crippen LogP contribution < -0.4 is 10.5 Å². The van der Waals surface area contributed by atoms with Gasteiger partial charge < -0.3 is 15.6 Å². The minimum absolute atomic E-state index is 0.0403. The van der Waals surface area contributed by atoms with E-state index in [2.05, 4.69) is 9.97 Å². The first kappa shape index (κ1) is 10.9. The summed E-state index contributed by atoms with van der Waals surface area (Å²) in [6.45, 7) is 0. The smallest absolute Gasteiger partial charge is 0.272 e. The Morgan fingerprint density at radius 3 is 2.65 bits per heavy atom. The zero-order valence-electron chi connectivity index (χ0n) is 8.70. The fourth-order valence-corrected chi connectivity index (χ4v) is 1.22. The molecule has 1 amide bonds. The normalized spacial score (nSPS) is 9.88. The third-order valence-corrected chi connectivity index (χ3v) is 1.97. The van der Waals surface area contributed by atoms with Gasteiger partial charge in [-0.05, 0) is 12.1 Å². The first-order chi connectivity index (χ1) is 8.18. The molecule has 0 saturated carbocycles. The Hall–Kier alpha value is -2.63. The summed E-state index contributed by atoms with van der Waals surface area (Å²) in [7, 11) is 0. The number of hydrogen-bond acceptors (Lipinski definition) is 5. The monoisotopic (exact) mass is 231 g/mol. The third-order valence-electron chi connectivity index (χ3n) is 1.97. The van der Waals surface area contributed by atoms with Gasteiger partial charge in [-0.3, -0.25) is 4.79 Å². The topological polar surface area (TPSA) is 98.3 Å². The predicted octanol–water partition coefficient (Wildman–Crippen LogP) is 1.07. The lowest BCUT2D eigenvalue weighted by Crippen LogP contribution is -2.14. The molecule has 0 aliphatic carbocycles. The number of aromatic hydroxyl groups is 1. The molecule has 2 rings (SSSR count). The maximum absolute atomic E-state index is 11.1. The summed E-state index contributed by atoms with van der Waals surface area (Å²) in [5.74, 6) is -0.672. The highest BCUT2D eigenvalue weighted by molar-refractivity contribution is 5.92. The first-order valence-electron chi connectivity index (χ1n) is 4.75. The van der Waals surface area contributed by atoms with Gasteiger partial charge in [0.05, 0.1) is 0 Å². The van der Waals surface area contributed by atoms with Crippen LogP contribution in [0.1, 0.15) is 10.5 Å². The second-order valence-electron chi connectivity index (χ2n) is 3.14. The van der Waals surface area contributed by atoms with E-state index >= 15 is 0 Å². The van der Waals surface area contributed by atoms with Crippen LogP contribution in [0.15, 0.2) is 36.7 Å². The van der Waals surface area contributed by atoms with Crippen LogP contribution in [0.3, 0.4) is 0 Å². The van der Waals surface area contributed by atoms with Gasteiger partial charge in [-0.2, -0.15) is 0 Å². The van der Waals surface area contributed by atoms with Crippen LogP contribution in [0, 0.1) is 0 Å². The zero-order chi connectivity index (χ0) is 12.3. The van der Waals surface area contributed by atoms with E-state index < -0.39 is 5.91 Å². The van der Waals surface area contributed by atoms with Gasteiger partial charge in [0.2, 0.25) is 0 Å². The molecule has 1 heterocycles. The number of hydrogen-bond donors (Lipinski definition) is 2. The van der Waals surface area contributed by atoms with Crippen molar-refractivity contribution >= 4 is 5.91 Å².